The van der Waals surface area contributed by atoms with E-state index in [1.807, 2.05) is 36.4 Å². The summed E-state index contributed by atoms with van der Waals surface area (Å²) in [7, 11) is 0. The van der Waals surface area contributed by atoms with Gasteiger partial charge in [0.05, 0.1) is 16.5 Å². The van der Waals surface area contributed by atoms with Crippen LogP contribution in [0.25, 0.3) is 10.9 Å². The molecule has 0 fully saturated rings. The lowest BCUT2D eigenvalue weighted by Gasteiger charge is -2.08. The summed E-state index contributed by atoms with van der Waals surface area (Å²) in [6, 6.07) is 15.8. The Hall–Kier alpha value is -1.78. The molecule has 3 nitrogen and oxygen atoms in total. The molecule has 0 spiro atoms. The smallest absolute Gasteiger partial charge is 0.221 e. The molecule has 0 saturated carbocycles. The van der Waals surface area contributed by atoms with E-state index in [2.05, 4.69) is 32.6 Å². The number of hydrogen-bond donors (Lipinski definition) is 1. The summed E-state index contributed by atoms with van der Waals surface area (Å²) in [4.78, 5) is 11.4. The quantitative estimate of drug-likeness (QED) is 0.730. The Labute approximate surface area is 141 Å². The Morgan fingerprint density at radius 1 is 1.18 bits per heavy atom. The Morgan fingerprint density at radius 3 is 2.59 bits per heavy atom. The molecular formula is C17H14BrClN2O. The number of nitrogens with zero attached hydrogens (tertiary/aromatic N) is 1. The largest absolute Gasteiger partial charge is 0.369 e. The van der Waals surface area contributed by atoms with Gasteiger partial charge in [-0.1, -0.05) is 48.0 Å². The number of primary amides is 1. The van der Waals surface area contributed by atoms with Crippen LogP contribution < -0.4 is 5.73 Å². The highest BCUT2D eigenvalue weighted by molar-refractivity contribution is 9.10. The van der Waals surface area contributed by atoms with Gasteiger partial charge in [0.15, 0.2) is 0 Å². The van der Waals surface area contributed by atoms with E-state index in [1.54, 1.807) is 0 Å². The predicted molar refractivity (Wildman–Crippen MR) is 93.1 cm³/mol. The fourth-order valence-corrected chi connectivity index (χ4v) is 3.46. The minimum absolute atomic E-state index is 0.195. The van der Waals surface area contributed by atoms with Crippen LogP contribution in [0.1, 0.15) is 11.1 Å². The first-order valence-electron chi connectivity index (χ1n) is 6.84. The zero-order valence-electron chi connectivity index (χ0n) is 11.7. The molecule has 0 aliphatic heterocycles. The van der Waals surface area contributed by atoms with Gasteiger partial charge in [-0.3, -0.25) is 4.79 Å². The van der Waals surface area contributed by atoms with Crippen LogP contribution in [0.3, 0.4) is 0 Å². The molecule has 5 heteroatoms. The number of carbonyl (C=O) groups excluding carboxylic acids is 1. The lowest BCUT2D eigenvalue weighted by Crippen LogP contribution is -2.13. The van der Waals surface area contributed by atoms with E-state index >= 15 is 0 Å². The third-order valence-electron chi connectivity index (χ3n) is 3.60. The van der Waals surface area contributed by atoms with Gasteiger partial charge in [-0.15, -0.1) is 0 Å². The van der Waals surface area contributed by atoms with Crippen molar-refractivity contribution in [3.05, 3.63) is 69.3 Å². The second-order valence-corrected chi connectivity index (χ2v) is 6.33. The van der Waals surface area contributed by atoms with Gasteiger partial charge in [-0.05, 0) is 33.6 Å². The van der Waals surface area contributed by atoms with Crippen LogP contribution >= 0.6 is 27.5 Å². The number of fused-ring (bicyclic) bond motifs is 1. The molecular weight excluding hydrogens is 364 g/mol. The number of benzene rings is 2. The second-order valence-electron chi connectivity index (χ2n) is 5.15. The molecule has 0 bridgehead atoms. The number of carbonyl (C=O) groups is 1. The third kappa shape index (κ3) is 2.89. The van der Waals surface area contributed by atoms with E-state index in [0.29, 0.717) is 11.6 Å². The minimum Gasteiger partial charge on any atom is -0.369 e. The van der Waals surface area contributed by atoms with Gasteiger partial charge < -0.3 is 10.3 Å². The van der Waals surface area contributed by atoms with Crippen molar-refractivity contribution < 1.29 is 4.79 Å². The Bertz CT molecular complexity index is 843. The van der Waals surface area contributed by atoms with Gasteiger partial charge in [0.2, 0.25) is 5.91 Å². The molecule has 2 aromatic carbocycles. The molecule has 0 atom stereocenters. The lowest BCUT2D eigenvalue weighted by molar-refractivity contribution is -0.117. The van der Waals surface area contributed by atoms with E-state index < -0.39 is 0 Å². The maximum absolute atomic E-state index is 11.4. The molecule has 1 aromatic heterocycles. The third-order valence-corrected chi connectivity index (χ3v) is 4.74. The average molecular weight is 378 g/mol. The predicted octanol–water partition coefficient (Wildman–Crippen LogP) is 4.13. The number of aromatic nitrogens is 1. The molecule has 0 saturated heterocycles. The normalized spacial score (nSPS) is 11.0. The summed E-state index contributed by atoms with van der Waals surface area (Å²) in [6.07, 6.45) is 0.195. The summed E-state index contributed by atoms with van der Waals surface area (Å²) in [5.41, 5.74) is 8.44. The summed E-state index contributed by atoms with van der Waals surface area (Å²) in [5.74, 6) is -0.352. The summed E-state index contributed by atoms with van der Waals surface area (Å²) >= 11 is 9.76. The fourth-order valence-electron chi connectivity index (χ4n) is 2.63. The first-order chi connectivity index (χ1) is 10.6. The minimum atomic E-state index is -0.352. The Balaban J connectivity index is 2.17. The van der Waals surface area contributed by atoms with Crippen molar-refractivity contribution in [2.45, 2.75) is 13.0 Å². The first kappa shape index (κ1) is 15.1. The van der Waals surface area contributed by atoms with Gasteiger partial charge >= 0.3 is 0 Å². The molecule has 1 heterocycles. The van der Waals surface area contributed by atoms with E-state index in [4.69, 9.17) is 17.3 Å². The Morgan fingerprint density at radius 2 is 1.91 bits per heavy atom. The van der Waals surface area contributed by atoms with Gasteiger partial charge in [-0.2, -0.15) is 0 Å². The number of rotatable bonds is 4. The van der Waals surface area contributed by atoms with Gasteiger partial charge in [0, 0.05) is 22.5 Å². The van der Waals surface area contributed by atoms with Crippen molar-refractivity contribution in [2.75, 3.05) is 0 Å². The van der Waals surface area contributed by atoms with E-state index in [-0.39, 0.29) is 12.3 Å². The molecule has 0 aliphatic carbocycles. The van der Waals surface area contributed by atoms with Crippen molar-refractivity contribution in [1.29, 1.82) is 0 Å². The summed E-state index contributed by atoms with van der Waals surface area (Å²) < 4.78 is 2.97. The number of hydrogen-bond acceptors (Lipinski definition) is 1. The first-order valence-corrected chi connectivity index (χ1v) is 8.01. The maximum atomic E-state index is 11.4. The number of amides is 1. The van der Waals surface area contributed by atoms with Crippen LogP contribution in [-0.4, -0.2) is 10.5 Å². The number of nitrogens with two attached hydrogens (primary N) is 1. The molecule has 1 amide bonds. The molecule has 112 valence electrons. The fraction of sp³-hybridized carbons (Fsp3) is 0.118. The van der Waals surface area contributed by atoms with Crippen molar-refractivity contribution in [3.8, 4) is 0 Å². The number of halogens is 2. The van der Waals surface area contributed by atoms with E-state index in [0.717, 1.165) is 21.1 Å². The molecule has 22 heavy (non-hydrogen) atoms. The molecule has 0 radical (unpaired) electrons. The lowest BCUT2D eigenvalue weighted by atomic mass is 10.1. The molecule has 3 aromatic rings. The van der Waals surface area contributed by atoms with Crippen LogP contribution in [0.15, 0.2) is 53.1 Å². The van der Waals surface area contributed by atoms with Crippen LogP contribution in [0.2, 0.25) is 5.02 Å². The highest BCUT2D eigenvalue weighted by atomic mass is 79.9. The molecule has 3 rings (SSSR count). The highest BCUT2D eigenvalue weighted by Crippen LogP contribution is 2.33. The monoisotopic (exact) mass is 376 g/mol. The SMILES string of the molecule is NC(=O)Cc1c(Br)n(Cc2ccccc2)c2cc(Cl)ccc12. The van der Waals surface area contributed by atoms with Crippen LogP contribution in [0.5, 0.6) is 0 Å². The highest BCUT2D eigenvalue weighted by Gasteiger charge is 2.17. The topological polar surface area (TPSA) is 48.0 Å². The van der Waals surface area contributed by atoms with Gasteiger partial charge in [-0.25, -0.2) is 0 Å². The van der Waals surface area contributed by atoms with Crippen molar-refractivity contribution in [2.24, 2.45) is 5.73 Å². The van der Waals surface area contributed by atoms with Crippen molar-refractivity contribution in [3.63, 3.8) is 0 Å². The summed E-state index contributed by atoms with van der Waals surface area (Å²) in [6.45, 7) is 0.691. The zero-order chi connectivity index (χ0) is 15.7. The van der Waals surface area contributed by atoms with Crippen LogP contribution in [0, 0.1) is 0 Å². The standard InChI is InChI=1S/C17H14BrClN2O/c18-17-14(9-16(20)22)13-7-6-12(19)8-15(13)21(17)10-11-4-2-1-3-5-11/h1-8H,9-10H2,(H2,20,22). The summed E-state index contributed by atoms with van der Waals surface area (Å²) in [5, 5.41) is 1.66. The maximum Gasteiger partial charge on any atom is 0.221 e. The van der Waals surface area contributed by atoms with Crippen LogP contribution in [-0.2, 0) is 17.8 Å². The van der Waals surface area contributed by atoms with Gasteiger partial charge in [0.25, 0.3) is 0 Å². The molecule has 2 N–H and O–H groups in total. The zero-order valence-corrected chi connectivity index (χ0v) is 14.1. The van der Waals surface area contributed by atoms with Crippen molar-refractivity contribution >= 4 is 44.3 Å². The van der Waals surface area contributed by atoms with Crippen molar-refractivity contribution in [1.82, 2.24) is 4.57 Å². The van der Waals surface area contributed by atoms with E-state index in [9.17, 15) is 4.79 Å². The van der Waals surface area contributed by atoms with E-state index in [1.165, 1.54) is 5.56 Å². The molecule has 0 aliphatic rings. The van der Waals surface area contributed by atoms with Gasteiger partial charge in [0.1, 0.15) is 0 Å². The second kappa shape index (κ2) is 6.15. The Kier molecular flexibility index (Phi) is 4.23. The molecule has 0 unspecified atom stereocenters. The average Bonchev–Trinajstić information content (AvgIpc) is 2.73. The van der Waals surface area contributed by atoms with Crippen LogP contribution in [0.4, 0.5) is 0 Å².